The molecule has 0 fully saturated rings. The van der Waals surface area contributed by atoms with Gasteiger partial charge in [-0.2, -0.15) is 15.8 Å². The van der Waals surface area contributed by atoms with Crippen molar-refractivity contribution in [1.29, 1.82) is 15.8 Å². The lowest BCUT2D eigenvalue weighted by Gasteiger charge is -2.15. The summed E-state index contributed by atoms with van der Waals surface area (Å²) in [6.45, 7) is 3.57. The minimum absolute atomic E-state index is 0.0937. The third kappa shape index (κ3) is 3.38. The van der Waals surface area contributed by atoms with Crippen molar-refractivity contribution in [2.75, 3.05) is 0 Å². The van der Waals surface area contributed by atoms with E-state index in [0.717, 1.165) is 0 Å². The smallest absolute Gasteiger partial charge is 0.138 e. The summed E-state index contributed by atoms with van der Waals surface area (Å²) in [5.41, 5.74) is 1.79. The second-order valence-corrected chi connectivity index (χ2v) is 4.89. The number of nitrogens with zero attached hydrogens (tertiary/aromatic N) is 3. The molecule has 0 atom stereocenters. The number of rotatable bonds is 2. The summed E-state index contributed by atoms with van der Waals surface area (Å²) in [6.07, 6.45) is 3.45. The SMILES string of the molecule is CC1=CC(=C(C#N)C(=C(C#N)C#N)c2ccccc2)C=C(C)O1. The summed E-state index contributed by atoms with van der Waals surface area (Å²) in [5.74, 6) is 1.30. The summed E-state index contributed by atoms with van der Waals surface area (Å²) in [4.78, 5) is 0. The summed E-state index contributed by atoms with van der Waals surface area (Å²) in [5, 5.41) is 28.2. The van der Waals surface area contributed by atoms with Gasteiger partial charge in [0.25, 0.3) is 0 Å². The van der Waals surface area contributed by atoms with Crippen LogP contribution in [0.1, 0.15) is 19.4 Å². The second kappa shape index (κ2) is 6.94. The van der Waals surface area contributed by atoms with Crippen molar-refractivity contribution in [3.05, 3.63) is 76.3 Å². The number of allylic oxidation sites excluding steroid dienone is 8. The van der Waals surface area contributed by atoms with Gasteiger partial charge < -0.3 is 4.74 Å². The molecule has 0 spiro atoms. The maximum absolute atomic E-state index is 9.66. The average molecular weight is 299 g/mol. The second-order valence-electron chi connectivity index (χ2n) is 4.89. The summed E-state index contributed by atoms with van der Waals surface area (Å²) in [6, 6.07) is 14.9. The third-order valence-electron chi connectivity index (χ3n) is 3.23. The van der Waals surface area contributed by atoms with Crippen LogP contribution in [-0.4, -0.2) is 0 Å². The summed E-state index contributed by atoms with van der Waals surface area (Å²) < 4.78 is 5.44. The highest BCUT2D eigenvalue weighted by Crippen LogP contribution is 2.32. The molecule has 0 bridgehead atoms. The van der Waals surface area contributed by atoms with Crippen molar-refractivity contribution in [1.82, 2.24) is 0 Å². The molecule has 2 rings (SSSR count). The van der Waals surface area contributed by atoms with E-state index in [4.69, 9.17) is 4.74 Å². The normalized spacial score (nSPS) is 12.6. The molecule has 0 amide bonds. The first-order valence-electron chi connectivity index (χ1n) is 6.89. The van der Waals surface area contributed by atoms with Crippen molar-refractivity contribution in [3.63, 3.8) is 0 Å². The van der Waals surface area contributed by atoms with Gasteiger partial charge in [0.15, 0.2) is 0 Å². The lowest BCUT2D eigenvalue weighted by molar-refractivity contribution is 0.304. The number of hydrogen-bond donors (Lipinski definition) is 0. The maximum atomic E-state index is 9.66. The zero-order valence-electron chi connectivity index (χ0n) is 12.8. The van der Waals surface area contributed by atoms with Gasteiger partial charge in [0, 0.05) is 5.57 Å². The number of hydrogen-bond acceptors (Lipinski definition) is 4. The number of ether oxygens (including phenoxy) is 1. The molecule has 0 saturated heterocycles. The molecule has 0 aliphatic carbocycles. The fourth-order valence-electron chi connectivity index (χ4n) is 2.36. The molecule has 23 heavy (non-hydrogen) atoms. The highest BCUT2D eigenvalue weighted by molar-refractivity contribution is 5.90. The van der Waals surface area contributed by atoms with E-state index in [1.165, 1.54) is 0 Å². The van der Waals surface area contributed by atoms with Gasteiger partial charge in [0.1, 0.15) is 35.3 Å². The third-order valence-corrected chi connectivity index (χ3v) is 3.23. The van der Waals surface area contributed by atoms with Crippen LogP contribution in [-0.2, 0) is 4.74 Å². The van der Waals surface area contributed by atoms with E-state index in [2.05, 4.69) is 6.07 Å². The zero-order valence-corrected chi connectivity index (χ0v) is 12.8. The predicted molar refractivity (Wildman–Crippen MR) is 85.8 cm³/mol. The van der Waals surface area contributed by atoms with Gasteiger partial charge >= 0.3 is 0 Å². The van der Waals surface area contributed by atoms with Gasteiger partial charge in [-0.3, -0.25) is 0 Å². The molecule has 4 nitrogen and oxygen atoms in total. The van der Waals surface area contributed by atoms with Crippen molar-refractivity contribution < 1.29 is 4.74 Å². The number of nitriles is 3. The Morgan fingerprint density at radius 3 is 1.91 bits per heavy atom. The van der Waals surface area contributed by atoms with E-state index in [0.29, 0.717) is 28.2 Å². The average Bonchev–Trinajstić information content (AvgIpc) is 2.55. The van der Waals surface area contributed by atoms with Crippen molar-refractivity contribution in [2.24, 2.45) is 0 Å². The molecule has 0 saturated carbocycles. The van der Waals surface area contributed by atoms with Gasteiger partial charge in [0.05, 0.1) is 5.57 Å². The van der Waals surface area contributed by atoms with Crippen molar-refractivity contribution in [2.45, 2.75) is 13.8 Å². The number of benzene rings is 1. The molecule has 1 aromatic carbocycles. The highest BCUT2D eigenvalue weighted by atomic mass is 16.5. The van der Waals surface area contributed by atoms with E-state index in [-0.39, 0.29) is 11.1 Å². The van der Waals surface area contributed by atoms with Gasteiger partial charge in [-0.1, -0.05) is 30.3 Å². The molecule has 4 heteroatoms. The first kappa shape index (κ1) is 15.8. The van der Waals surface area contributed by atoms with Crippen LogP contribution in [0.2, 0.25) is 0 Å². The molecular weight excluding hydrogens is 286 g/mol. The van der Waals surface area contributed by atoms with Crippen LogP contribution in [0.5, 0.6) is 0 Å². The van der Waals surface area contributed by atoms with E-state index < -0.39 is 0 Å². The lowest BCUT2D eigenvalue weighted by Crippen LogP contribution is -2.00. The summed E-state index contributed by atoms with van der Waals surface area (Å²) >= 11 is 0. The molecule has 1 aliphatic rings. The van der Waals surface area contributed by atoms with Gasteiger partial charge in [-0.05, 0) is 37.1 Å². The monoisotopic (exact) mass is 299 g/mol. The first-order chi connectivity index (χ1) is 11.1. The molecule has 1 aliphatic heterocycles. The predicted octanol–water partition coefficient (Wildman–Crippen LogP) is 4.15. The Bertz CT molecular complexity index is 843. The minimum atomic E-state index is -0.0937. The van der Waals surface area contributed by atoms with Crippen LogP contribution in [0, 0.1) is 34.0 Å². The quantitative estimate of drug-likeness (QED) is 0.768. The topological polar surface area (TPSA) is 80.6 Å². The molecule has 1 heterocycles. The Morgan fingerprint density at radius 1 is 0.870 bits per heavy atom. The standard InChI is InChI=1S/C19H13N3O/c1-13-8-16(9-14(2)23-13)18(12-22)19(17(10-20)11-21)15-6-4-3-5-7-15/h3-9H,1-2H3. The first-order valence-corrected chi connectivity index (χ1v) is 6.89. The van der Waals surface area contributed by atoms with E-state index >= 15 is 0 Å². The van der Waals surface area contributed by atoms with Crippen molar-refractivity contribution in [3.8, 4) is 18.2 Å². The van der Waals surface area contributed by atoms with Crippen LogP contribution < -0.4 is 0 Å². The molecule has 1 aromatic rings. The van der Waals surface area contributed by atoms with E-state index in [1.54, 1.807) is 50.3 Å². The van der Waals surface area contributed by atoms with Crippen LogP contribution in [0.4, 0.5) is 0 Å². The molecule has 0 aromatic heterocycles. The zero-order chi connectivity index (χ0) is 16.8. The van der Waals surface area contributed by atoms with Gasteiger partial charge in [-0.25, -0.2) is 0 Å². The lowest BCUT2D eigenvalue weighted by atomic mass is 9.90. The van der Waals surface area contributed by atoms with Crippen LogP contribution in [0.3, 0.4) is 0 Å². The Morgan fingerprint density at radius 2 is 1.43 bits per heavy atom. The fraction of sp³-hybridized carbons (Fsp3) is 0.105. The largest absolute Gasteiger partial charge is 0.467 e. The van der Waals surface area contributed by atoms with Gasteiger partial charge in [-0.15, -0.1) is 0 Å². The molecule has 0 N–H and O–H groups in total. The van der Waals surface area contributed by atoms with Crippen LogP contribution >= 0.6 is 0 Å². The Hall–Kier alpha value is -3.55. The Balaban J connectivity index is 2.82. The molecule has 110 valence electrons. The summed E-state index contributed by atoms with van der Waals surface area (Å²) in [7, 11) is 0. The van der Waals surface area contributed by atoms with Gasteiger partial charge in [0.2, 0.25) is 0 Å². The molecule has 0 unspecified atom stereocenters. The van der Waals surface area contributed by atoms with E-state index in [9.17, 15) is 15.8 Å². The Labute approximate surface area is 135 Å². The van der Waals surface area contributed by atoms with Crippen LogP contribution in [0.25, 0.3) is 5.57 Å². The fourth-order valence-corrected chi connectivity index (χ4v) is 2.36. The maximum Gasteiger partial charge on any atom is 0.138 e. The molecule has 0 radical (unpaired) electrons. The van der Waals surface area contributed by atoms with Crippen molar-refractivity contribution >= 4 is 5.57 Å². The highest BCUT2D eigenvalue weighted by Gasteiger charge is 2.19. The minimum Gasteiger partial charge on any atom is -0.467 e. The Kier molecular flexibility index (Phi) is 4.78. The van der Waals surface area contributed by atoms with Crippen LogP contribution in [0.15, 0.2) is 70.7 Å². The molecular formula is C19H13N3O. The van der Waals surface area contributed by atoms with E-state index in [1.807, 2.05) is 18.2 Å².